The number of anilines is 1. The standard InChI is InChI=1S/C19H14FN5O3/c1-3-12-9-16(13(10-14(12)20)19(27)28-4-2)22-18(26)15-5-6-17(24-23-15)25-8-7-21-11-25/h1,5-11H,4H2,2H3,(H,22,26). The Morgan fingerprint density at radius 3 is 2.75 bits per heavy atom. The van der Waals surface area contributed by atoms with Crippen molar-refractivity contribution in [2.45, 2.75) is 6.92 Å². The fourth-order valence-electron chi connectivity index (χ4n) is 2.33. The van der Waals surface area contributed by atoms with Crippen LogP contribution in [0.2, 0.25) is 0 Å². The van der Waals surface area contributed by atoms with E-state index in [4.69, 9.17) is 11.2 Å². The Kier molecular flexibility index (Phi) is 5.41. The number of rotatable bonds is 5. The van der Waals surface area contributed by atoms with Gasteiger partial charge in [0.05, 0.1) is 23.4 Å². The summed E-state index contributed by atoms with van der Waals surface area (Å²) in [5, 5.41) is 10.3. The van der Waals surface area contributed by atoms with E-state index in [9.17, 15) is 14.0 Å². The molecule has 0 saturated carbocycles. The maximum absolute atomic E-state index is 14.0. The molecule has 0 fully saturated rings. The molecule has 0 bridgehead atoms. The first-order valence-electron chi connectivity index (χ1n) is 8.14. The fraction of sp³-hybridized carbons (Fsp3) is 0.105. The summed E-state index contributed by atoms with van der Waals surface area (Å²) in [6.45, 7) is 1.70. The van der Waals surface area contributed by atoms with Gasteiger partial charge >= 0.3 is 5.97 Å². The number of carbonyl (C=O) groups is 2. The smallest absolute Gasteiger partial charge is 0.340 e. The van der Waals surface area contributed by atoms with Crippen molar-refractivity contribution >= 4 is 17.6 Å². The van der Waals surface area contributed by atoms with Crippen molar-refractivity contribution in [3.05, 3.63) is 65.6 Å². The van der Waals surface area contributed by atoms with Crippen LogP contribution in [0.3, 0.4) is 0 Å². The number of halogens is 1. The molecule has 0 radical (unpaired) electrons. The molecule has 0 aliphatic heterocycles. The van der Waals surface area contributed by atoms with Gasteiger partial charge in [-0.15, -0.1) is 16.6 Å². The normalized spacial score (nSPS) is 10.2. The van der Waals surface area contributed by atoms with Crippen LogP contribution in [0, 0.1) is 18.2 Å². The topological polar surface area (TPSA) is 99.0 Å². The maximum atomic E-state index is 14.0. The van der Waals surface area contributed by atoms with E-state index in [2.05, 4.69) is 26.4 Å². The summed E-state index contributed by atoms with van der Waals surface area (Å²) >= 11 is 0. The Hall–Kier alpha value is -4.06. The number of hydrogen-bond donors (Lipinski definition) is 1. The van der Waals surface area contributed by atoms with Gasteiger partial charge in [-0.1, -0.05) is 5.92 Å². The molecule has 1 aromatic carbocycles. The molecule has 0 spiro atoms. The SMILES string of the molecule is C#Cc1cc(NC(=O)c2ccc(-n3ccnc3)nn2)c(C(=O)OCC)cc1F. The average molecular weight is 379 g/mol. The van der Waals surface area contributed by atoms with Crippen molar-refractivity contribution in [2.24, 2.45) is 0 Å². The molecule has 28 heavy (non-hydrogen) atoms. The van der Waals surface area contributed by atoms with Gasteiger partial charge in [0.2, 0.25) is 0 Å². The molecule has 0 atom stereocenters. The van der Waals surface area contributed by atoms with Crippen LogP contribution in [-0.2, 0) is 4.74 Å². The van der Waals surface area contributed by atoms with Crippen molar-refractivity contribution in [3.8, 4) is 18.2 Å². The van der Waals surface area contributed by atoms with E-state index in [1.807, 2.05) is 0 Å². The van der Waals surface area contributed by atoms with Crippen molar-refractivity contribution < 1.29 is 18.7 Å². The van der Waals surface area contributed by atoms with Crippen molar-refractivity contribution in [3.63, 3.8) is 0 Å². The summed E-state index contributed by atoms with van der Waals surface area (Å²) in [7, 11) is 0. The summed E-state index contributed by atoms with van der Waals surface area (Å²) in [5.74, 6) is 0.416. The van der Waals surface area contributed by atoms with Crippen LogP contribution in [0.25, 0.3) is 5.82 Å². The zero-order chi connectivity index (χ0) is 20.1. The fourth-order valence-corrected chi connectivity index (χ4v) is 2.33. The number of imidazole rings is 1. The summed E-state index contributed by atoms with van der Waals surface area (Å²) in [4.78, 5) is 28.5. The summed E-state index contributed by atoms with van der Waals surface area (Å²) in [6, 6.07) is 5.14. The molecule has 0 unspecified atom stereocenters. The molecule has 0 aliphatic rings. The highest BCUT2D eigenvalue weighted by Crippen LogP contribution is 2.22. The molecule has 140 valence electrons. The number of ether oxygens (including phenoxy) is 1. The number of benzene rings is 1. The molecule has 9 heteroatoms. The minimum atomic E-state index is -0.790. The lowest BCUT2D eigenvalue weighted by molar-refractivity contribution is 0.0527. The van der Waals surface area contributed by atoms with Crippen LogP contribution in [0.5, 0.6) is 0 Å². The average Bonchev–Trinajstić information content (AvgIpc) is 3.24. The predicted molar refractivity (Wildman–Crippen MR) is 97.4 cm³/mol. The molecular formula is C19H14FN5O3. The van der Waals surface area contributed by atoms with Crippen molar-refractivity contribution in [1.82, 2.24) is 19.7 Å². The van der Waals surface area contributed by atoms with Gasteiger partial charge in [-0.3, -0.25) is 9.36 Å². The Morgan fingerprint density at radius 1 is 1.32 bits per heavy atom. The first-order valence-corrected chi connectivity index (χ1v) is 8.14. The number of aromatic nitrogens is 4. The van der Waals surface area contributed by atoms with Gasteiger partial charge in [-0.2, -0.15) is 0 Å². The molecule has 1 N–H and O–H groups in total. The first-order chi connectivity index (χ1) is 13.5. The van der Waals surface area contributed by atoms with Crippen molar-refractivity contribution in [2.75, 3.05) is 11.9 Å². The van der Waals surface area contributed by atoms with Gasteiger partial charge in [0, 0.05) is 12.4 Å². The molecule has 1 amide bonds. The van der Waals surface area contributed by atoms with E-state index in [1.54, 1.807) is 30.0 Å². The number of hydrogen-bond acceptors (Lipinski definition) is 6. The van der Waals surface area contributed by atoms with Crippen LogP contribution in [0.15, 0.2) is 43.0 Å². The summed E-state index contributed by atoms with van der Waals surface area (Å²) < 4.78 is 20.5. The Bertz CT molecular complexity index is 1060. The van der Waals surface area contributed by atoms with E-state index in [-0.39, 0.29) is 29.1 Å². The monoisotopic (exact) mass is 379 g/mol. The van der Waals surface area contributed by atoms with Crippen LogP contribution in [0.1, 0.15) is 33.3 Å². The van der Waals surface area contributed by atoms with Gasteiger partial charge in [-0.05, 0) is 31.2 Å². The zero-order valence-corrected chi connectivity index (χ0v) is 14.7. The number of terminal acetylenes is 1. The quantitative estimate of drug-likeness (QED) is 0.539. The van der Waals surface area contributed by atoms with Crippen LogP contribution in [0.4, 0.5) is 10.1 Å². The Balaban J connectivity index is 1.88. The third kappa shape index (κ3) is 3.86. The van der Waals surface area contributed by atoms with E-state index < -0.39 is 17.7 Å². The second-order valence-corrected chi connectivity index (χ2v) is 5.44. The summed E-state index contributed by atoms with van der Waals surface area (Å²) in [6.07, 6.45) is 10.1. The van der Waals surface area contributed by atoms with E-state index in [0.29, 0.717) is 5.82 Å². The third-order valence-corrected chi connectivity index (χ3v) is 3.66. The third-order valence-electron chi connectivity index (χ3n) is 3.66. The predicted octanol–water partition coefficient (Wildman–Crippen LogP) is 2.21. The van der Waals surface area contributed by atoms with Crippen LogP contribution >= 0.6 is 0 Å². The van der Waals surface area contributed by atoms with Crippen LogP contribution < -0.4 is 5.32 Å². The van der Waals surface area contributed by atoms with Gasteiger partial charge < -0.3 is 10.1 Å². The molecule has 0 saturated heterocycles. The van der Waals surface area contributed by atoms with Gasteiger partial charge in [0.15, 0.2) is 11.5 Å². The van der Waals surface area contributed by atoms with E-state index in [0.717, 1.165) is 6.07 Å². The Labute approximate surface area is 159 Å². The van der Waals surface area contributed by atoms with Crippen LogP contribution in [-0.4, -0.2) is 38.2 Å². The highest BCUT2D eigenvalue weighted by Gasteiger charge is 2.19. The maximum Gasteiger partial charge on any atom is 0.340 e. The number of nitrogens with one attached hydrogen (secondary N) is 1. The first kappa shape index (κ1) is 18.7. The highest BCUT2D eigenvalue weighted by atomic mass is 19.1. The number of nitrogens with zero attached hydrogens (tertiary/aromatic N) is 4. The lowest BCUT2D eigenvalue weighted by Crippen LogP contribution is -2.18. The number of amides is 1. The molecule has 2 heterocycles. The van der Waals surface area contributed by atoms with E-state index >= 15 is 0 Å². The Morgan fingerprint density at radius 2 is 2.14 bits per heavy atom. The lowest BCUT2D eigenvalue weighted by Gasteiger charge is -2.11. The van der Waals surface area contributed by atoms with Crippen molar-refractivity contribution in [1.29, 1.82) is 0 Å². The minimum absolute atomic E-state index is 0.00902. The molecule has 8 nitrogen and oxygen atoms in total. The van der Waals surface area contributed by atoms with Gasteiger partial charge in [0.1, 0.15) is 12.1 Å². The molecule has 3 rings (SSSR count). The largest absolute Gasteiger partial charge is 0.462 e. The number of carbonyl (C=O) groups excluding carboxylic acids is 2. The lowest BCUT2D eigenvalue weighted by atomic mass is 10.1. The number of esters is 1. The van der Waals surface area contributed by atoms with Gasteiger partial charge in [-0.25, -0.2) is 14.2 Å². The second kappa shape index (κ2) is 8.09. The van der Waals surface area contributed by atoms with Gasteiger partial charge in [0.25, 0.3) is 5.91 Å². The highest BCUT2D eigenvalue weighted by molar-refractivity contribution is 6.07. The molecule has 0 aliphatic carbocycles. The molecule has 2 aromatic heterocycles. The van der Waals surface area contributed by atoms with E-state index in [1.165, 1.54) is 18.5 Å². The molecular weight excluding hydrogens is 365 g/mol. The second-order valence-electron chi connectivity index (χ2n) is 5.44. The minimum Gasteiger partial charge on any atom is -0.462 e. The molecule has 3 aromatic rings. The summed E-state index contributed by atoms with van der Waals surface area (Å²) in [5.41, 5.74) is -0.261. The zero-order valence-electron chi connectivity index (χ0n) is 14.7.